The second-order valence-corrected chi connectivity index (χ2v) is 5.75. The van der Waals surface area contributed by atoms with Gasteiger partial charge in [0.15, 0.2) is 0 Å². The topological polar surface area (TPSA) is 3.24 Å². The minimum absolute atomic E-state index is 1.14. The minimum atomic E-state index is 1.14. The highest BCUT2D eigenvalue weighted by atomic mass is 32.2. The maximum absolute atomic E-state index is 2.57. The number of thioether (sulfide) groups is 1. The summed E-state index contributed by atoms with van der Waals surface area (Å²) in [5, 5.41) is 0. The fraction of sp³-hybridized carbons (Fsp3) is 0.571. The molecule has 1 nitrogen and oxygen atoms in total. The van der Waals surface area contributed by atoms with Crippen LogP contribution >= 0.6 is 11.8 Å². The Morgan fingerprint density at radius 2 is 1.75 bits per heavy atom. The van der Waals surface area contributed by atoms with Crippen molar-refractivity contribution in [1.29, 1.82) is 0 Å². The molecule has 88 valence electrons. The molecule has 0 spiro atoms. The standard InChI is InChI=1S/C14H21NS/c1-2-16-14-8-6-13(7-9-14)12-15-10-4-3-5-11-15/h6-9H,2-5,10-12H2,1H3. The Morgan fingerprint density at radius 3 is 2.38 bits per heavy atom. The van der Waals surface area contributed by atoms with E-state index in [-0.39, 0.29) is 0 Å². The third kappa shape index (κ3) is 3.53. The number of nitrogens with zero attached hydrogens (tertiary/aromatic N) is 1. The SMILES string of the molecule is CCSc1ccc(CN2CCCCC2)cc1. The van der Waals surface area contributed by atoms with E-state index in [1.54, 1.807) is 0 Å². The average molecular weight is 235 g/mol. The molecule has 1 heterocycles. The smallest absolute Gasteiger partial charge is 0.0233 e. The predicted octanol–water partition coefficient (Wildman–Crippen LogP) is 3.78. The van der Waals surface area contributed by atoms with Crippen molar-refractivity contribution in [1.82, 2.24) is 4.90 Å². The van der Waals surface area contributed by atoms with Gasteiger partial charge in [-0.15, -0.1) is 11.8 Å². The van der Waals surface area contributed by atoms with Crippen LogP contribution in [0.3, 0.4) is 0 Å². The lowest BCUT2D eigenvalue weighted by Gasteiger charge is -2.26. The van der Waals surface area contributed by atoms with Crippen LogP contribution in [0.5, 0.6) is 0 Å². The zero-order valence-electron chi connectivity index (χ0n) is 10.1. The fourth-order valence-electron chi connectivity index (χ4n) is 2.23. The molecule has 0 atom stereocenters. The van der Waals surface area contributed by atoms with Gasteiger partial charge in [-0.1, -0.05) is 25.5 Å². The van der Waals surface area contributed by atoms with Gasteiger partial charge in [0.1, 0.15) is 0 Å². The van der Waals surface area contributed by atoms with Crippen LogP contribution in [0.25, 0.3) is 0 Å². The monoisotopic (exact) mass is 235 g/mol. The van der Waals surface area contributed by atoms with Crippen LogP contribution in [0.15, 0.2) is 29.2 Å². The van der Waals surface area contributed by atoms with Crippen molar-refractivity contribution in [3.8, 4) is 0 Å². The molecular formula is C14H21NS. The normalized spacial score (nSPS) is 17.6. The molecule has 2 heteroatoms. The summed E-state index contributed by atoms with van der Waals surface area (Å²) < 4.78 is 0. The summed E-state index contributed by atoms with van der Waals surface area (Å²) in [7, 11) is 0. The molecular weight excluding hydrogens is 214 g/mol. The van der Waals surface area contributed by atoms with E-state index in [1.165, 1.54) is 42.8 Å². The molecule has 0 amide bonds. The van der Waals surface area contributed by atoms with Gasteiger partial charge in [-0.2, -0.15) is 0 Å². The lowest BCUT2D eigenvalue weighted by Crippen LogP contribution is -2.28. The summed E-state index contributed by atoms with van der Waals surface area (Å²) >= 11 is 1.92. The maximum atomic E-state index is 2.57. The molecule has 1 fully saturated rings. The summed E-state index contributed by atoms with van der Waals surface area (Å²) in [5.74, 6) is 1.16. The van der Waals surface area contributed by atoms with Crippen molar-refractivity contribution < 1.29 is 0 Å². The van der Waals surface area contributed by atoms with Crippen LogP contribution in [0.1, 0.15) is 31.7 Å². The maximum Gasteiger partial charge on any atom is 0.0233 e. The molecule has 1 aromatic rings. The van der Waals surface area contributed by atoms with Crippen LogP contribution in [-0.4, -0.2) is 23.7 Å². The van der Waals surface area contributed by atoms with Crippen LogP contribution in [0.2, 0.25) is 0 Å². The molecule has 16 heavy (non-hydrogen) atoms. The molecule has 0 unspecified atom stereocenters. The van der Waals surface area contributed by atoms with E-state index in [9.17, 15) is 0 Å². The molecule has 0 radical (unpaired) electrons. The zero-order chi connectivity index (χ0) is 11.2. The number of hydrogen-bond acceptors (Lipinski definition) is 2. The lowest BCUT2D eigenvalue weighted by molar-refractivity contribution is 0.221. The lowest BCUT2D eigenvalue weighted by atomic mass is 10.1. The Hall–Kier alpha value is -0.470. The Morgan fingerprint density at radius 1 is 1.06 bits per heavy atom. The van der Waals surface area contributed by atoms with E-state index < -0.39 is 0 Å². The highest BCUT2D eigenvalue weighted by Crippen LogP contribution is 2.19. The zero-order valence-corrected chi connectivity index (χ0v) is 10.9. The Balaban J connectivity index is 1.88. The first-order valence-corrected chi connectivity index (χ1v) is 7.31. The van der Waals surface area contributed by atoms with Crippen LogP contribution in [0.4, 0.5) is 0 Å². The Labute approximate surface area is 103 Å². The van der Waals surface area contributed by atoms with E-state index >= 15 is 0 Å². The second-order valence-electron chi connectivity index (χ2n) is 4.41. The van der Waals surface area contributed by atoms with Gasteiger partial charge in [-0.3, -0.25) is 4.90 Å². The number of piperidine rings is 1. The summed E-state index contributed by atoms with van der Waals surface area (Å²) in [4.78, 5) is 3.97. The largest absolute Gasteiger partial charge is 0.299 e. The van der Waals surface area contributed by atoms with Gasteiger partial charge >= 0.3 is 0 Å². The minimum Gasteiger partial charge on any atom is -0.299 e. The second kappa shape index (κ2) is 6.31. The van der Waals surface area contributed by atoms with E-state index in [0.29, 0.717) is 0 Å². The molecule has 0 bridgehead atoms. The number of benzene rings is 1. The van der Waals surface area contributed by atoms with E-state index in [0.717, 1.165) is 12.3 Å². The van der Waals surface area contributed by atoms with Gasteiger partial charge in [-0.05, 0) is 49.4 Å². The average Bonchev–Trinajstić information content (AvgIpc) is 2.33. The van der Waals surface area contributed by atoms with E-state index in [2.05, 4.69) is 36.1 Å². The van der Waals surface area contributed by atoms with Gasteiger partial charge < -0.3 is 0 Å². The van der Waals surface area contributed by atoms with Gasteiger partial charge in [0.05, 0.1) is 0 Å². The van der Waals surface area contributed by atoms with Crippen molar-refractivity contribution in [3.05, 3.63) is 29.8 Å². The van der Waals surface area contributed by atoms with Crippen molar-refractivity contribution in [2.24, 2.45) is 0 Å². The number of rotatable bonds is 4. The van der Waals surface area contributed by atoms with E-state index in [4.69, 9.17) is 0 Å². The predicted molar refractivity (Wildman–Crippen MR) is 72.0 cm³/mol. The third-order valence-corrected chi connectivity index (χ3v) is 3.98. The van der Waals surface area contributed by atoms with Gasteiger partial charge in [0, 0.05) is 11.4 Å². The van der Waals surface area contributed by atoms with Crippen molar-refractivity contribution in [3.63, 3.8) is 0 Å². The Bertz CT molecular complexity index is 301. The summed E-state index contributed by atoms with van der Waals surface area (Å²) in [6.45, 7) is 5.90. The van der Waals surface area contributed by atoms with Gasteiger partial charge in [-0.25, -0.2) is 0 Å². The molecule has 0 saturated carbocycles. The molecule has 1 aliphatic heterocycles. The first kappa shape index (κ1) is 12.0. The van der Waals surface area contributed by atoms with Gasteiger partial charge in [0.25, 0.3) is 0 Å². The summed E-state index contributed by atoms with van der Waals surface area (Å²) in [5.41, 5.74) is 1.46. The van der Waals surface area contributed by atoms with Crippen molar-refractivity contribution in [2.45, 2.75) is 37.6 Å². The van der Waals surface area contributed by atoms with Gasteiger partial charge in [0.2, 0.25) is 0 Å². The summed E-state index contributed by atoms with van der Waals surface area (Å²) in [6, 6.07) is 9.08. The number of hydrogen-bond donors (Lipinski definition) is 0. The quantitative estimate of drug-likeness (QED) is 0.731. The first-order chi connectivity index (χ1) is 7.88. The summed E-state index contributed by atoms with van der Waals surface area (Å²) in [6.07, 6.45) is 4.18. The van der Waals surface area contributed by atoms with E-state index in [1.807, 2.05) is 11.8 Å². The Kier molecular flexibility index (Phi) is 4.73. The third-order valence-electron chi connectivity index (χ3n) is 3.09. The molecule has 2 rings (SSSR count). The molecule has 1 saturated heterocycles. The number of likely N-dealkylation sites (tertiary alicyclic amines) is 1. The molecule has 0 aliphatic carbocycles. The highest BCUT2D eigenvalue weighted by Gasteiger charge is 2.09. The van der Waals surface area contributed by atoms with Crippen molar-refractivity contribution >= 4 is 11.8 Å². The van der Waals surface area contributed by atoms with Crippen LogP contribution < -0.4 is 0 Å². The highest BCUT2D eigenvalue weighted by molar-refractivity contribution is 7.99. The molecule has 0 N–H and O–H groups in total. The molecule has 1 aliphatic rings. The molecule has 1 aromatic carbocycles. The van der Waals surface area contributed by atoms with Crippen LogP contribution in [-0.2, 0) is 6.54 Å². The van der Waals surface area contributed by atoms with Crippen LogP contribution in [0, 0.1) is 0 Å². The first-order valence-electron chi connectivity index (χ1n) is 6.32. The van der Waals surface area contributed by atoms with Crippen molar-refractivity contribution in [2.75, 3.05) is 18.8 Å². The fourth-order valence-corrected chi connectivity index (χ4v) is 2.90. The molecule has 0 aromatic heterocycles.